The van der Waals surface area contributed by atoms with Crippen LogP contribution in [0.15, 0.2) is 17.2 Å². The van der Waals surface area contributed by atoms with Crippen molar-refractivity contribution in [1.82, 2.24) is 0 Å². The van der Waals surface area contributed by atoms with E-state index in [1.807, 2.05) is 13.8 Å². The summed E-state index contributed by atoms with van der Waals surface area (Å²) in [4.78, 5) is 26.1. The van der Waals surface area contributed by atoms with E-state index in [1.165, 1.54) is 14.2 Å². The number of Topliss-reactive ketones (excluding diaryl/α,β-unsaturated/α-hetero) is 2. The molecule has 0 fully saturated rings. The van der Waals surface area contributed by atoms with E-state index < -0.39 is 6.10 Å². The van der Waals surface area contributed by atoms with E-state index in [0.29, 0.717) is 45.8 Å². The van der Waals surface area contributed by atoms with Gasteiger partial charge in [0.1, 0.15) is 11.5 Å². The van der Waals surface area contributed by atoms with E-state index >= 15 is 0 Å². The Balaban J connectivity index is 2.30. The summed E-state index contributed by atoms with van der Waals surface area (Å²) in [6.07, 6.45) is -0.0387. The van der Waals surface area contributed by atoms with Gasteiger partial charge in [0.05, 0.1) is 32.0 Å². The van der Waals surface area contributed by atoms with Gasteiger partial charge in [-0.2, -0.15) is 0 Å². The number of benzene rings is 1. The van der Waals surface area contributed by atoms with Crippen molar-refractivity contribution in [2.24, 2.45) is 0 Å². The lowest BCUT2D eigenvalue weighted by Gasteiger charge is -2.33. The normalized spacial score (nSPS) is 23.5. The maximum Gasteiger partial charge on any atom is 0.196 e. The molecule has 0 radical (unpaired) electrons. The predicted molar refractivity (Wildman–Crippen MR) is 84.6 cm³/mol. The summed E-state index contributed by atoms with van der Waals surface area (Å²) in [6, 6.07) is 1.65. The maximum atomic E-state index is 13.1. The molecule has 0 spiro atoms. The third kappa shape index (κ3) is 2.18. The Kier molecular flexibility index (Phi) is 3.76. The monoisotopic (exact) mass is 316 g/mol. The average molecular weight is 316 g/mol. The van der Waals surface area contributed by atoms with Crippen molar-refractivity contribution >= 4 is 11.6 Å². The molecule has 1 aromatic carbocycles. The summed E-state index contributed by atoms with van der Waals surface area (Å²) in [5.74, 6) is 0.597. The average Bonchev–Trinajstić information content (AvgIpc) is 2.51. The van der Waals surface area contributed by atoms with Crippen molar-refractivity contribution in [1.29, 1.82) is 0 Å². The van der Waals surface area contributed by atoms with Gasteiger partial charge in [-0.15, -0.1) is 0 Å². The number of carbonyl (C=O) groups is 2. The first-order valence-corrected chi connectivity index (χ1v) is 7.64. The van der Waals surface area contributed by atoms with Gasteiger partial charge in [-0.3, -0.25) is 9.59 Å². The Labute approximate surface area is 135 Å². The fraction of sp³-hybridized carbons (Fsp3) is 0.444. The van der Waals surface area contributed by atoms with Crippen molar-refractivity contribution in [2.75, 3.05) is 14.2 Å². The Bertz CT molecular complexity index is 744. The van der Waals surface area contributed by atoms with Gasteiger partial charge in [0.2, 0.25) is 0 Å². The molecule has 1 aliphatic heterocycles. The molecular formula is C18H20O5. The van der Waals surface area contributed by atoms with E-state index in [0.717, 1.165) is 0 Å². The highest BCUT2D eigenvalue weighted by atomic mass is 16.5. The highest BCUT2D eigenvalue weighted by Gasteiger charge is 2.41. The summed E-state index contributed by atoms with van der Waals surface area (Å²) < 4.78 is 16.4. The zero-order valence-corrected chi connectivity index (χ0v) is 14.0. The first-order chi connectivity index (χ1) is 10.9. The predicted octanol–water partition coefficient (Wildman–Crippen LogP) is 2.89. The quantitative estimate of drug-likeness (QED) is 0.839. The molecule has 1 heterocycles. The topological polar surface area (TPSA) is 61.8 Å². The minimum Gasteiger partial charge on any atom is -0.496 e. The Morgan fingerprint density at radius 1 is 1.04 bits per heavy atom. The summed E-state index contributed by atoms with van der Waals surface area (Å²) in [7, 11) is 3.02. The van der Waals surface area contributed by atoms with Crippen LogP contribution in [0.1, 0.15) is 46.5 Å². The van der Waals surface area contributed by atoms with Gasteiger partial charge in [0, 0.05) is 34.8 Å². The smallest absolute Gasteiger partial charge is 0.196 e. The van der Waals surface area contributed by atoms with Crippen LogP contribution in [-0.2, 0) is 4.74 Å². The van der Waals surface area contributed by atoms with Gasteiger partial charge >= 0.3 is 0 Å². The molecule has 0 N–H and O–H groups in total. The Morgan fingerprint density at radius 2 is 1.70 bits per heavy atom. The molecule has 122 valence electrons. The van der Waals surface area contributed by atoms with Crippen molar-refractivity contribution in [3.05, 3.63) is 33.9 Å². The van der Waals surface area contributed by atoms with Gasteiger partial charge in [-0.1, -0.05) is 0 Å². The van der Waals surface area contributed by atoms with Crippen LogP contribution in [-0.4, -0.2) is 38.0 Å². The van der Waals surface area contributed by atoms with Crippen LogP contribution in [0.25, 0.3) is 0 Å². The molecule has 0 bridgehead atoms. The summed E-state index contributed by atoms with van der Waals surface area (Å²) in [6.45, 7) is 5.51. The number of fused-ring (bicyclic) bond motifs is 1. The Morgan fingerprint density at radius 3 is 2.30 bits per heavy atom. The zero-order chi connectivity index (χ0) is 16.9. The van der Waals surface area contributed by atoms with Crippen molar-refractivity contribution in [2.45, 2.75) is 39.4 Å². The highest BCUT2D eigenvalue weighted by molar-refractivity contribution is 6.29. The van der Waals surface area contributed by atoms with Gasteiger partial charge in [0.25, 0.3) is 0 Å². The van der Waals surface area contributed by atoms with Gasteiger partial charge < -0.3 is 14.2 Å². The standard InChI is InChI=1S/C18H20O5/c1-8-6-11-15(10(3)23-8)18(20)16-13(22-5)7-12(21-4)9(2)14(16)17(11)19/h7-8,10H,6H2,1-5H3/t8-,10+/m0/s1. The minimum atomic E-state index is -0.398. The van der Waals surface area contributed by atoms with E-state index in [-0.39, 0.29) is 17.7 Å². The SMILES string of the molecule is COc1cc(OC)c2c(c1C)C(=O)C1=C(C2=O)[C@@H](C)O[C@@H](C)C1. The molecule has 0 unspecified atom stereocenters. The second kappa shape index (κ2) is 5.49. The number of carbonyl (C=O) groups excluding carboxylic acids is 2. The molecule has 3 rings (SSSR count). The lowest BCUT2D eigenvalue weighted by molar-refractivity contribution is 0.0148. The van der Waals surface area contributed by atoms with Crippen LogP contribution >= 0.6 is 0 Å². The van der Waals surface area contributed by atoms with Gasteiger partial charge in [0.15, 0.2) is 11.6 Å². The summed E-state index contributed by atoms with van der Waals surface area (Å²) in [5.41, 5.74) is 2.40. The second-order valence-electron chi connectivity index (χ2n) is 6.00. The second-order valence-corrected chi connectivity index (χ2v) is 6.00. The third-order valence-electron chi connectivity index (χ3n) is 4.58. The van der Waals surface area contributed by atoms with Crippen LogP contribution < -0.4 is 9.47 Å². The third-order valence-corrected chi connectivity index (χ3v) is 4.58. The summed E-state index contributed by atoms with van der Waals surface area (Å²) >= 11 is 0. The highest BCUT2D eigenvalue weighted by Crippen LogP contribution is 2.42. The zero-order valence-electron chi connectivity index (χ0n) is 14.0. The van der Waals surface area contributed by atoms with Crippen LogP contribution in [0.2, 0.25) is 0 Å². The first-order valence-electron chi connectivity index (χ1n) is 7.64. The number of methoxy groups -OCH3 is 2. The van der Waals surface area contributed by atoms with Crippen molar-refractivity contribution in [3.63, 3.8) is 0 Å². The van der Waals surface area contributed by atoms with E-state index in [1.54, 1.807) is 13.0 Å². The lowest BCUT2D eigenvalue weighted by atomic mass is 9.77. The van der Waals surface area contributed by atoms with Gasteiger partial charge in [-0.25, -0.2) is 0 Å². The molecule has 0 saturated carbocycles. The number of hydrogen-bond acceptors (Lipinski definition) is 5. The molecule has 0 saturated heterocycles. The number of ether oxygens (including phenoxy) is 3. The lowest BCUT2D eigenvalue weighted by Crippen LogP contribution is -2.37. The number of rotatable bonds is 2. The molecule has 0 aromatic heterocycles. The molecule has 1 aromatic rings. The van der Waals surface area contributed by atoms with Crippen LogP contribution in [0, 0.1) is 6.92 Å². The largest absolute Gasteiger partial charge is 0.496 e. The van der Waals surface area contributed by atoms with E-state index in [9.17, 15) is 9.59 Å². The Hall–Kier alpha value is -2.14. The molecule has 0 amide bonds. The van der Waals surface area contributed by atoms with Crippen LogP contribution in [0.4, 0.5) is 0 Å². The van der Waals surface area contributed by atoms with Crippen molar-refractivity contribution in [3.8, 4) is 11.5 Å². The molecule has 2 atom stereocenters. The van der Waals surface area contributed by atoms with Crippen molar-refractivity contribution < 1.29 is 23.8 Å². The fourth-order valence-corrected chi connectivity index (χ4v) is 3.55. The van der Waals surface area contributed by atoms with Gasteiger partial charge in [-0.05, 0) is 20.8 Å². The first kappa shape index (κ1) is 15.7. The summed E-state index contributed by atoms with van der Waals surface area (Å²) in [5, 5.41) is 0. The molecule has 5 nitrogen and oxygen atoms in total. The number of hydrogen-bond donors (Lipinski definition) is 0. The van der Waals surface area contributed by atoms with Crippen LogP contribution in [0.3, 0.4) is 0 Å². The molecule has 5 heteroatoms. The molecular weight excluding hydrogens is 296 g/mol. The molecule has 2 aliphatic rings. The van der Waals surface area contributed by atoms with E-state index in [2.05, 4.69) is 0 Å². The minimum absolute atomic E-state index is 0.0881. The molecule has 23 heavy (non-hydrogen) atoms. The number of ketones is 2. The molecule has 1 aliphatic carbocycles. The fourth-order valence-electron chi connectivity index (χ4n) is 3.55. The van der Waals surface area contributed by atoms with Crippen LogP contribution in [0.5, 0.6) is 11.5 Å². The maximum absolute atomic E-state index is 13.1. The van der Waals surface area contributed by atoms with E-state index in [4.69, 9.17) is 14.2 Å².